The van der Waals surface area contributed by atoms with Crippen LogP contribution in [0.4, 0.5) is 0 Å². The number of hydrogen-bond donors (Lipinski definition) is 5. The SMILES string of the molecule is CSCCNC(=O)C(NC(=O)c1ccc(-c2ccc(OCCO)cc2)cc1)C(=O)NO. The molecule has 166 valence electrons. The minimum atomic E-state index is -1.56. The molecular weight excluding hydrogens is 422 g/mol. The lowest BCUT2D eigenvalue weighted by atomic mass is 10.0. The van der Waals surface area contributed by atoms with Gasteiger partial charge in [0.05, 0.1) is 6.61 Å². The number of carbonyl (C=O) groups excluding carboxylic acids is 3. The van der Waals surface area contributed by atoms with E-state index < -0.39 is 23.8 Å². The van der Waals surface area contributed by atoms with Crippen molar-refractivity contribution in [2.75, 3.05) is 31.8 Å². The molecule has 3 amide bonds. The van der Waals surface area contributed by atoms with E-state index >= 15 is 0 Å². The molecule has 0 saturated heterocycles. The van der Waals surface area contributed by atoms with E-state index in [0.29, 0.717) is 18.0 Å². The minimum absolute atomic E-state index is 0.0639. The van der Waals surface area contributed by atoms with Crippen molar-refractivity contribution in [2.45, 2.75) is 6.04 Å². The lowest BCUT2D eigenvalue weighted by Crippen LogP contribution is -2.55. The molecule has 0 radical (unpaired) electrons. The molecular formula is C21H25N3O6S. The van der Waals surface area contributed by atoms with E-state index in [1.54, 1.807) is 36.4 Å². The summed E-state index contributed by atoms with van der Waals surface area (Å²) in [6, 6.07) is 12.3. The van der Waals surface area contributed by atoms with E-state index in [0.717, 1.165) is 11.1 Å². The van der Waals surface area contributed by atoms with Gasteiger partial charge in [-0.2, -0.15) is 11.8 Å². The molecule has 0 aliphatic heterocycles. The fraction of sp³-hybridized carbons (Fsp3) is 0.286. The van der Waals surface area contributed by atoms with E-state index in [9.17, 15) is 14.4 Å². The molecule has 1 atom stereocenters. The number of amides is 3. The third-order valence-electron chi connectivity index (χ3n) is 4.21. The smallest absolute Gasteiger partial charge is 0.275 e. The summed E-state index contributed by atoms with van der Waals surface area (Å²) >= 11 is 1.51. The standard InChI is InChI=1S/C21H25N3O6S/c1-31-13-10-22-20(27)18(21(28)24-29)23-19(26)16-4-2-14(3-5-16)15-6-8-17(9-7-15)30-12-11-25/h2-9,18,25,29H,10-13H2,1H3,(H,22,27)(H,23,26)(H,24,28). The average molecular weight is 448 g/mol. The van der Waals surface area contributed by atoms with E-state index in [4.69, 9.17) is 15.1 Å². The lowest BCUT2D eigenvalue weighted by Gasteiger charge is -2.16. The number of benzene rings is 2. The van der Waals surface area contributed by atoms with Crippen molar-refractivity contribution in [1.82, 2.24) is 16.1 Å². The highest BCUT2D eigenvalue weighted by molar-refractivity contribution is 7.98. The van der Waals surface area contributed by atoms with E-state index in [1.165, 1.54) is 17.2 Å². The first-order valence-corrected chi connectivity index (χ1v) is 10.8. The number of ether oxygens (including phenoxy) is 1. The molecule has 5 N–H and O–H groups in total. The van der Waals surface area contributed by atoms with Gasteiger partial charge in [0.1, 0.15) is 12.4 Å². The van der Waals surface area contributed by atoms with Crippen LogP contribution in [-0.2, 0) is 9.59 Å². The Balaban J connectivity index is 2.05. The fourth-order valence-corrected chi connectivity index (χ4v) is 2.93. The summed E-state index contributed by atoms with van der Waals surface area (Å²) in [6.07, 6.45) is 1.87. The molecule has 0 spiro atoms. The molecule has 0 aliphatic rings. The fourth-order valence-electron chi connectivity index (χ4n) is 2.63. The average Bonchev–Trinajstić information content (AvgIpc) is 2.81. The molecule has 1 unspecified atom stereocenters. The van der Waals surface area contributed by atoms with Gasteiger partial charge in [-0.15, -0.1) is 0 Å². The van der Waals surface area contributed by atoms with Crippen LogP contribution in [0.25, 0.3) is 11.1 Å². The second-order valence-corrected chi connectivity index (χ2v) is 7.33. The molecule has 0 aliphatic carbocycles. The topological polar surface area (TPSA) is 137 Å². The number of carbonyl (C=O) groups is 3. The Morgan fingerprint density at radius 3 is 2.16 bits per heavy atom. The Kier molecular flexibility index (Phi) is 9.82. The Morgan fingerprint density at radius 1 is 1.00 bits per heavy atom. The summed E-state index contributed by atoms with van der Waals surface area (Å²) in [5.74, 6) is -1.10. The van der Waals surface area contributed by atoms with Crippen LogP contribution >= 0.6 is 11.8 Å². The van der Waals surface area contributed by atoms with Crippen LogP contribution in [0, 0.1) is 0 Å². The summed E-state index contributed by atoms with van der Waals surface area (Å²) in [5.41, 5.74) is 3.40. The highest BCUT2D eigenvalue weighted by Gasteiger charge is 2.28. The minimum Gasteiger partial charge on any atom is -0.491 e. The first-order chi connectivity index (χ1) is 15.0. The molecule has 2 rings (SSSR count). The number of hydrogen-bond acceptors (Lipinski definition) is 7. The molecule has 0 heterocycles. The first kappa shape index (κ1) is 24.2. The van der Waals surface area contributed by atoms with Crippen LogP contribution in [-0.4, -0.2) is 65.8 Å². The van der Waals surface area contributed by atoms with Gasteiger partial charge >= 0.3 is 0 Å². The van der Waals surface area contributed by atoms with Crippen LogP contribution in [0.1, 0.15) is 10.4 Å². The van der Waals surface area contributed by atoms with Gasteiger partial charge < -0.3 is 20.5 Å². The largest absolute Gasteiger partial charge is 0.491 e. The quantitative estimate of drug-likeness (QED) is 0.149. The molecule has 0 bridgehead atoms. The van der Waals surface area contributed by atoms with Crippen molar-refractivity contribution in [1.29, 1.82) is 0 Å². The number of hydroxylamine groups is 1. The van der Waals surface area contributed by atoms with Gasteiger partial charge in [-0.05, 0) is 41.6 Å². The summed E-state index contributed by atoms with van der Waals surface area (Å²) in [6.45, 7) is 0.475. The van der Waals surface area contributed by atoms with Crippen molar-refractivity contribution < 1.29 is 29.4 Å². The summed E-state index contributed by atoms with van der Waals surface area (Å²) in [7, 11) is 0. The maximum absolute atomic E-state index is 12.5. The predicted octanol–water partition coefficient (Wildman–Crippen LogP) is 0.808. The maximum Gasteiger partial charge on any atom is 0.275 e. The van der Waals surface area contributed by atoms with Gasteiger partial charge in [0.2, 0.25) is 0 Å². The molecule has 2 aromatic carbocycles. The van der Waals surface area contributed by atoms with Crippen LogP contribution < -0.4 is 20.9 Å². The van der Waals surface area contributed by atoms with Crippen LogP contribution in [0.2, 0.25) is 0 Å². The van der Waals surface area contributed by atoms with Gasteiger partial charge in [-0.3, -0.25) is 19.6 Å². The van der Waals surface area contributed by atoms with Crippen molar-refractivity contribution in [3.63, 3.8) is 0 Å². The van der Waals surface area contributed by atoms with Crippen LogP contribution in [0.3, 0.4) is 0 Å². The molecule has 0 aromatic heterocycles. The van der Waals surface area contributed by atoms with E-state index in [1.807, 2.05) is 18.4 Å². The van der Waals surface area contributed by atoms with Gasteiger partial charge in [0, 0.05) is 17.9 Å². The first-order valence-electron chi connectivity index (χ1n) is 9.45. The maximum atomic E-state index is 12.5. The van der Waals surface area contributed by atoms with Crippen molar-refractivity contribution >= 4 is 29.5 Å². The number of rotatable bonds is 11. The normalized spacial score (nSPS) is 11.3. The molecule has 2 aromatic rings. The molecule has 31 heavy (non-hydrogen) atoms. The molecule has 0 saturated carbocycles. The van der Waals surface area contributed by atoms with Crippen molar-refractivity contribution in [3.8, 4) is 16.9 Å². The monoisotopic (exact) mass is 447 g/mol. The summed E-state index contributed by atoms with van der Waals surface area (Å²) in [4.78, 5) is 36.5. The number of nitrogens with one attached hydrogen (secondary N) is 3. The van der Waals surface area contributed by atoms with Crippen molar-refractivity contribution in [3.05, 3.63) is 54.1 Å². The Bertz CT molecular complexity index is 874. The van der Waals surface area contributed by atoms with Crippen molar-refractivity contribution in [2.24, 2.45) is 0 Å². The second-order valence-electron chi connectivity index (χ2n) is 6.34. The molecule has 0 fully saturated rings. The zero-order chi connectivity index (χ0) is 22.6. The van der Waals surface area contributed by atoms with Gasteiger partial charge in [0.25, 0.3) is 17.7 Å². The van der Waals surface area contributed by atoms with E-state index in [-0.39, 0.29) is 18.8 Å². The molecule has 10 heteroatoms. The number of thioether (sulfide) groups is 1. The number of aliphatic hydroxyl groups excluding tert-OH is 1. The van der Waals surface area contributed by atoms with Crippen LogP contribution in [0.15, 0.2) is 48.5 Å². The molecule has 9 nitrogen and oxygen atoms in total. The predicted molar refractivity (Wildman–Crippen MR) is 117 cm³/mol. The zero-order valence-corrected chi connectivity index (χ0v) is 17.8. The lowest BCUT2D eigenvalue weighted by molar-refractivity contribution is -0.137. The highest BCUT2D eigenvalue weighted by atomic mass is 32.2. The highest BCUT2D eigenvalue weighted by Crippen LogP contribution is 2.23. The summed E-state index contributed by atoms with van der Waals surface area (Å²) in [5, 5.41) is 22.5. The number of aliphatic hydroxyl groups is 1. The van der Waals surface area contributed by atoms with Gasteiger partial charge in [-0.1, -0.05) is 24.3 Å². The second kappa shape index (κ2) is 12.6. The van der Waals surface area contributed by atoms with Crippen LogP contribution in [0.5, 0.6) is 5.75 Å². The van der Waals surface area contributed by atoms with E-state index in [2.05, 4.69) is 10.6 Å². The third-order valence-corrected chi connectivity index (χ3v) is 4.82. The van der Waals surface area contributed by atoms with Gasteiger partial charge in [-0.25, -0.2) is 5.48 Å². The zero-order valence-electron chi connectivity index (χ0n) is 17.0. The summed E-state index contributed by atoms with van der Waals surface area (Å²) < 4.78 is 5.33. The Hall–Kier alpha value is -3.08. The third kappa shape index (κ3) is 7.28. The Morgan fingerprint density at radius 2 is 1.61 bits per heavy atom. The Labute approximate surface area is 184 Å². The van der Waals surface area contributed by atoms with Gasteiger partial charge in [0.15, 0.2) is 6.04 Å².